The number of para-hydroxylation sites is 1. The van der Waals surface area contributed by atoms with Crippen LogP contribution >= 0.6 is 11.3 Å². The van der Waals surface area contributed by atoms with Gasteiger partial charge in [-0.1, -0.05) is 93.6 Å². The van der Waals surface area contributed by atoms with Gasteiger partial charge in [-0.15, -0.1) is 11.3 Å². The van der Waals surface area contributed by atoms with E-state index < -0.39 is 17.7 Å². The van der Waals surface area contributed by atoms with Gasteiger partial charge in [-0.3, -0.25) is 14.5 Å². The summed E-state index contributed by atoms with van der Waals surface area (Å²) in [6.07, 6.45) is 0. The largest absolute Gasteiger partial charge is 0.503 e. The van der Waals surface area contributed by atoms with Gasteiger partial charge < -0.3 is 5.11 Å². The molecule has 0 spiro atoms. The third-order valence-corrected chi connectivity index (χ3v) is 7.81. The third kappa shape index (κ3) is 4.49. The van der Waals surface area contributed by atoms with Crippen LogP contribution in [0, 0.1) is 6.92 Å². The van der Waals surface area contributed by atoms with Crippen LogP contribution in [0.3, 0.4) is 0 Å². The fourth-order valence-corrected chi connectivity index (χ4v) is 5.63. The summed E-state index contributed by atoms with van der Waals surface area (Å²) < 4.78 is 0. The third-order valence-electron chi connectivity index (χ3n) is 6.60. The fraction of sp³-hybridized carbons (Fsp3) is 0.194. The van der Waals surface area contributed by atoms with Crippen LogP contribution in [0.1, 0.15) is 53.3 Å². The van der Waals surface area contributed by atoms with E-state index in [0.29, 0.717) is 16.3 Å². The molecule has 186 valence electrons. The van der Waals surface area contributed by atoms with E-state index in [4.69, 9.17) is 0 Å². The van der Waals surface area contributed by atoms with E-state index in [9.17, 15) is 14.7 Å². The predicted octanol–water partition coefficient (Wildman–Crippen LogP) is 7.20. The average Bonchev–Trinajstić information content (AvgIpc) is 3.41. The molecule has 0 saturated carbocycles. The molecule has 5 nitrogen and oxygen atoms in total. The molecular weight excluding hydrogens is 480 g/mol. The summed E-state index contributed by atoms with van der Waals surface area (Å²) in [4.78, 5) is 34.0. The first-order chi connectivity index (χ1) is 17.7. The van der Waals surface area contributed by atoms with Crippen molar-refractivity contribution < 1.29 is 14.7 Å². The Kier molecular flexibility index (Phi) is 6.30. The number of Topliss-reactive ketones (excluding diaryl/α,β-unsaturated/α-hetero) is 1. The van der Waals surface area contributed by atoms with E-state index in [1.165, 1.54) is 16.2 Å². The maximum atomic E-state index is 14.0. The minimum atomic E-state index is -0.766. The van der Waals surface area contributed by atoms with Gasteiger partial charge in [0.25, 0.3) is 5.91 Å². The molecular formula is C31H28N2O3S. The Morgan fingerprint density at radius 1 is 0.919 bits per heavy atom. The molecule has 37 heavy (non-hydrogen) atoms. The molecule has 4 aromatic rings. The van der Waals surface area contributed by atoms with Gasteiger partial charge in [0.05, 0.1) is 22.2 Å². The highest BCUT2D eigenvalue weighted by molar-refractivity contribution is 7.17. The van der Waals surface area contributed by atoms with Gasteiger partial charge in [0.15, 0.2) is 5.76 Å². The number of hydrogen-bond donors (Lipinski definition) is 1. The Labute approximate surface area is 220 Å². The zero-order valence-electron chi connectivity index (χ0n) is 21.2. The van der Waals surface area contributed by atoms with Gasteiger partial charge >= 0.3 is 0 Å². The van der Waals surface area contributed by atoms with Gasteiger partial charge in [-0.2, -0.15) is 0 Å². The number of aliphatic hydroxyl groups excluding tert-OH is 1. The average molecular weight is 509 g/mol. The number of amides is 1. The summed E-state index contributed by atoms with van der Waals surface area (Å²) in [5.74, 6) is -1.50. The van der Waals surface area contributed by atoms with Gasteiger partial charge in [0.2, 0.25) is 5.78 Å². The van der Waals surface area contributed by atoms with E-state index >= 15 is 0 Å². The van der Waals surface area contributed by atoms with Crippen LogP contribution in [0.2, 0.25) is 0 Å². The van der Waals surface area contributed by atoms with Crippen molar-refractivity contribution in [2.45, 2.75) is 39.2 Å². The van der Waals surface area contributed by atoms with Crippen LogP contribution in [0.4, 0.5) is 5.69 Å². The molecule has 0 bridgehead atoms. The van der Waals surface area contributed by atoms with Crippen molar-refractivity contribution in [1.29, 1.82) is 0 Å². The first kappa shape index (κ1) is 24.7. The number of benzene rings is 3. The Balaban J connectivity index is 1.62. The first-order valence-corrected chi connectivity index (χ1v) is 13.0. The van der Waals surface area contributed by atoms with E-state index in [1.807, 2.05) is 72.8 Å². The number of ketones is 1. The topological polar surface area (TPSA) is 70.5 Å². The molecule has 2 heterocycles. The number of hydrogen-bond acceptors (Lipinski definition) is 5. The van der Waals surface area contributed by atoms with Crippen LogP contribution in [-0.2, 0) is 10.2 Å². The monoisotopic (exact) mass is 508 g/mol. The summed E-state index contributed by atoms with van der Waals surface area (Å²) >= 11 is 1.28. The number of aromatic nitrogens is 1. The predicted molar refractivity (Wildman–Crippen MR) is 148 cm³/mol. The Morgan fingerprint density at radius 2 is 1.51 bits per heavy atom. The minimum absolute atomic E-state index is 0.0483. The zero-order valence-corrected chi connectivity index (χ0v) is 22.0. The number of thiazole rings is 1. The van der Waals surface area contributed by atoms with Crippen molar-refractivity contribution in [1.82, 2.24) is 4.98 Å². The molecule has 1 unspecified atom stereocenters. The van der Waals surface area contributed by atoms with Crippen molar-refractivity contribution in [3.63, 3.8) is 0 Å². The molecule has 1 aliphatic heterocycles. The molecule has 1 amide bonds. The normalized spacial score (nSPS) is 15.9. The highest BCUT2D eigenvalue weighted by Crippen LogP contribution is 2.43. The lowest BCUT2D eigenvalue weighted by Gasteiger charge is -2.27. The zero-order chi connectivity index (χ0) is 26.3. The highest BCUT2D eigenvalue weighted by Gasteiger charge is 2.45. The summed E-state index contributed by atoms with van der Waals surface area (Å²) in [5.41, 5.74) is 4.01. The van der Waals surface area contributed by atoms with Crippen LogP contribution in [0.5, 0.6) is 0 Å². The molecule has 1 atom stereocenters. The SMILES string of the molecule is Cc1nc(-c2ccccc2)sc1C(=O)C1=C(O)C(=O)N(c2ccccc2)C1c1ccc(C(C)(C)C)cc1. The Hall–Kier alpha value is -4.03. The van der Waals surface area contributed by atoms with Crippen molar-refractivity contribution >= 4 is 28.7 Å². The van der Waals surface area contributed by atoms with Crippen molar-refractivity contribution in [3.8, 4) is 10.6 Å². The summed E-state index contributed by atoms with van der Waals surface area (Å²) in [7, 11) is 0. The van der Waals surface area contributed by atoms with Crippen LogP contribution in [0.25, 0.3) is 10.6 Å². The maximum Gasteiger partial charge on any atom is 0.294 e. The van der Waals surface area contributed by atoms with Crippen LogP contribution in [0.15, 0.2) is 96.3 Å². The lowest BCUT2D eigenvalue weighted by Crippen LogP contribution is -2.31. The summed E-state index contributed by atoms with van der Waals surface area (Å²) in [6.45, 7) is 8.19. The molecule has 0 radical (unpaired) electrons. The Bertz CT molecular complexity index is 1500. The summed E-state index contributed by atoms with van der Waals surface area (Å²) in [5, 5.41) is 11.8. The second-order valence-electron chi connectivity index (χ2n) is 10.2. The molecule has 5 rings (SSSR count). The van der Waals surface area contributed by atoms with E-state index in [0.717, 1.165) is 21.7 Å². The molecule has 1 aliphatic rings. The number of carbonyl (C=O) groups excluding carboxylic acids is 2. The van der Waals surface area contributed by atoms with E-state index in [1.54, 1.807) is 19.1 Å². The minimum Gasteiger partial charge on any atom is -0.503 e. The lowest BCUT2D eigenvalue weighted by molar-refractivity contribution is -0.117. The van der Waals surface area contributed by atoms with Crippen molar-refractivity contribution in [2.75, 3.05) is 4.90 Å². The number of aliphatic hydroxyl groups is 1. The number of rotatable bonds is 5. The second kappa shape index (κ2) is 9.45. The van der Waals surface area contributed by atoms with Gasteiger partial charge in [0.1, 0.15) is 5.01 Å². The maximum absolute atomic E-state index is 14.0. The standard InChI is InChI=1S/C31H28N2O3S/c1-19-28(37-29(32-19)21-11-7-5-8-12-21)26(34)24-25(20-15-17-22(18-16-20)31(2,3)4)33(30(36)27(24)35)23-13-9-6-10-14-23/h5-18,25,35H,1-4H3. The smallest absolute Gasteiger partial charge is 0.294 e. The van der Waals surface area contributed by atoms with Crippen LogP contribution in [-0.4, -0.2) is 21.8 Å². The lowest BCUT2D eigenvalue weighted by atomic mass is 9.85. The second-order valence-corrected chi connectivity index (χ2v) is 11.2. The number of aryl methyl sites for hydroxylation is 1. The van der Waals surface area contributed by atoms with Gasteiger partial charge in [-0.25, -0.2) is 4.98 Å². The first-order valence-electron chi connectivity index (χ1n) is 12.2. The number of nitrogens with zero attached hydrogens (tertiary/aromatic N) is 2. The fourth-order valence-electron chi connectivity index (χ4n) is 4.61. The number of carbonyl (C=O) groups is 2. The van der Waals surface area contributed by atoms with Crippen molar-refractivity contribution in [3.05, 3.63) is 118 Å². The molecule has 0 aliphatic carbocycles. The van der Waals surface area contributed by atoms with E-state index in [2.05, 4.69) is 25.8 Å². The highest BCUT2D eigenvalue weighted by atomic mass is 32.1. The molecule has 0 saturated heterocycles. The quantitative estimate of drug-likeness (QED) is 0.289. The summed E-state index contributed by atoms with van der Waals surface area (Å²) in [6, 6.07) is 26.0. The van der Waals surface area contributed by atoms with Crippen LogP contribution < -0.4 is 4.90 Å². The molecule has 6 heteroatoms. The number of anilines is 1. The molecule has 1 N–H and O–H groups in total. The molecule has 0 fully saturated rings. The van der Waals surface area contributed by atoms with E-state index in [-0.39, 0.29) is 16.8 Å². The van der Waals surface area contributed by atoms with Gasteiger partial charge in [-0.05, 0) is 35.6 Å². The molecule has 3 aromatic carbocycles. The van der Waals surface area contributed by atoms with Gasteiger partial charge in [0, 0.05) is 11.3 Å². The molecule has 1 aromatic heterocycles. The Morgan fingerprint density at radius 3 is 2.11 bits per heavy atom. The van der Waals surface area contributed by atoms with Crippen molar-refractivity contribution in [2.24, 2.45) is 0 Å².